The van der Waals surface area contributed by atoms with E-state index in [2.05, 4.69) is 0 Å². The van der Waals surface area contributed by atoms with Crippen LogP contribution in [0.4, 0.5) is 10.1 Å². The normalized spacial score (nSPS) is 10.7. The highest BCUT2D eigenvalue weighted by atomic mass is 19.1. The maximum atomic E-state index is 12.6. The molecule has 0 heterocycles. The number of hydrogen-bond donors (Lipinski definition) is 1. The first kappa shape index (κ1) is 7.79. The molecule has 0 aliphatic carbocycles. The van der Waals surface area contributed by atoms with Gasteiger partial charge in [0.05, 0.1) is 0 Å². The van der Waals surface area contributed by atoms with Gasteiger partial charge in [0.1, 0.15) is 5.82 Å². The first-order chi connectivity index (χ1) is 5.24. The summed E-state index contributed by atoms with van der Waals surface area (Å²) in [6, 6.07) is 4.32. The van der Waals surface area contributed by atoms with Crippen LogP contribution in [0.15, 0.2) is 24.3 Å². The highest BCUT2D eigenvalue weighted by Gasteiger charge is 1.95. The van der Waals surface area contributed by atoms with Crippen LogP contribution in [0.1, 0.15) is 12.5 Å². The molecule has 1 aromatic carbocycles. The third-order valence-corrected chi connectivity index (χ3v) is 1.40. The predicted molar refractivity (Wildman–Crippen MR) is 45.5 cm³/mol. The van der Waals surface area contributed by atoms with E-state index in [-0.39, 0.29) is 5.82 Å². The van der Waals surface area contributed by atoms with Crippen LogP contribution >= 0.6 is 0 Å². The number of allylic oxidation sites excluding steroid dienone is 1. The smallest absolute Gasteiger partial charge is 0.123 e. The third-order valence-electron chi connectivity index (χ3n) is 1.40. The number of halogens is 1. The van der Waals surface area contributed by atoms with E-state index in [1.54, 1.807) is 12.1 Å². The van der Waals surface area contributed by atoms with Gasteiger partial charge in [-0.2, -0.15) is 0 Å². The van der Waals surface area contributed by atoms with E-state index >= 15 is 0 Å². The quantitative estimate of drug-likeness (QED) is 0.613. The maximum absolute atomic E-state index is 12.6. The van der Waals surface area contributed by atoms with E-state index in [4.69, 9.17) is 5.73 Å². The summed E-state index contributed by atoms with van der Waals surface area (Å²) >= 11 is 0. The lowest BCUT2D eigenvalue weighted by molar-refractivity contribution is 0.628. The first-order valence-corrected chi connectivity index (χ1v) is 3.42. The number of rotatable bonds is 1. The molecule has 0 aliphatic heterocycles. The van der Waals surface area contributed by atoms with Crippen molar-refractivity contribution in [3.63, 3.8) is 0 Å². The average Bonchev–Trinajstić information content (AvgIpc) is 1.98. The van der Waals surface area contributed by atoms with E-state index in [1.807, 2.05) is 13.0 Å². The van der Waals surface area contributed by atoms with Crippen LogP contribution in [0.5, 0.6) is 0 Å². The molecule has 58 valence electrons. The summed E-state index contributed by atoms with van der Waals surface area (Å²) in [4.78, 5) is 0. The SMILES string of the molecule is C/C=C/c1cc(F)ccc1N. The third kappa shape index (κ3) is 1.80. The van der Waals surface area contributed by atoms with Crippen LogP contribution < -0.4 is 5.73 Å². The Morgan fingerprint density at radius 3 is 2.82 bits per heavy atom. The lowest BCUT2D eigenvalue weighted by Crippen LogP contribution is -1.89. The summed E-state index contributed by atoms with van der Waals surface area (Å²) in [5.41, 5.74) is 6.89. The van der Waals surface area contributed by atoms with Gasteiger partial charge in [-0.15, -0.1) is 0 Å². The van der Waals surface area contributed by atoms with Crippen LogP contribution in [0.2, 0.25) is 0 Å². The fraction of sp³-hybridized carbons (Fsp3) is 0.111. The van der Waals surface area contributed by atoms with Crippen molar-refractivity contribution in [3.05, 3.63) is 35.7 Å². The van der Waals surface area contributed by atoms with E-state index in [0.717, 1.165) is 5.56 Å². The Hall–Kier alpha value is -1.31. The fourth-order valence-electron chi connectivity index (χ4n) is 0.870. The van der Waals surface area contributed by atoms with Gasteiger partial charge in [0.25, 0.3) is 0 Å². The van der Waals surface area contributed by atoms with E-state index in [1.165, 1.54) is 12.1 Å². The van der Waals surface area contributed by atoms with Crippen molar-refractivity contribution < 1.29 is 4.39 Å². The molecule has 1 nitrogen and oxygen atoms in total. The Kier molecular flexibility index (Phi) is 2.26. The second-order valence-corrected chi connectivity index (χ2v) is 2.27. The zero-order valence-electron chi connectivity index (χ0n) is 6.34. The molecule has 11 heavy (non-hydrogen) atoms. The molecule has 1 aromatic rings. The summed E-state index contributed by atoms with van der Waals surface area (Å²) in [5.74, 6) is -0.257. The molecule has 0 atom stereocenters. The molecule has 0 amide bonds. The Bertz CT molecular complexity index is 279. The van der Waals surface area contributed by atoms with Crippen LogP contribution in [-0.4, -0.2) is 0 Å². The Balaban J connectivity index is 3.12. The number of nitrogen functional groups attached to an aromatic ring is 1. The molecule has 1 rings (SSSR count). The summed E-state index contributed by atoms with van der Waals surface area (Å²) in [7, 11) is 0. The van der Waals surface area contributed by atoms with E-state index in [0.29, 0.717) is 5.69 Å². The van der Waals surface area contributed by atoms with Gasteiger partial charge in [0.15, 0.2) is 0 Å². The van der Waals surface area contributed by atoms with Gasteiger partial charge in [-0.1, -0.05) is 12.2 Å². The van der Waals surface area contributed by atoms with Crippen molar-refractivity contribution >= 4 is 11.8 Å². The molecule has 0 radical (unpaired) electrons. The molecule has 2 N–H and O–H groups in total. The lowest BCUT2D eigenvalue weighted by atomic mass is 10.1. The largest absolute Gasteiger partial charge is 0.398 e. The van der Waals surface area contributed by atoms with Gasteiger partial charge in [-0.25, -0.2) is 4.39 Å². The Morgan fingerprint density at radius 1 is 1.45 bits per heavy atom. The molecule has 0 fully saturated rings. The van der Waals surface area contributed by atoms with Gasteiger partial charge < -0.3 is 5.73 Å². The molecule has 0 saturated heterocycles. The van der Waals surface area contributed by atoms with Crippen molar-refractivity contribution in [1.29, 1.82) is 0 Å². The Labute approximate surface area is 65.3 Å². The number of anilines is 1. The second-order valence-electron chi connectivity index (χ2n) is 2.27. The standard InChI is InChI=1S/C9H10FN/c1-2-3-7-6-8(10)4-5-9(7)11/h2-6H,11H2,1H3/b3-2+. The molecular formula is C9H10FN. The summed E-state index contributed by atoms with van der Waals surface area (Å²) < 4.78 is 12.6. The molecular weight excluding hydrogens is 141 g/mol. The highest BCUT2D eigenvalue weighted by molar-refractivity contribution is 5.63. The minimum Gasteiger partial charge on any atom is -0.398 e. The molecule has 0 aliphatic rings. The average molecular weight is 151 g/mol. The van der Waals surface area contributed by atoms with E-state index < -0.39 is 0 Å². The maximum Gasteiger partial charge on any atom is 0.123 e. The van der Waals surface area contributed by atoms with Crippen molar-refractivity contribution in [2.75, 3.05) is 5.73 Å². The van der Waals surface area contributed by atoms with Crippen LogP contribution in [-0.2, 0) is 0 Å². The van der Waals surface area contributed by atoms with Crippen LogP contribution in [0, 0.1) is 5.82 Å². The van der Waals surface area contributed by atoms with Gasteiger partial charge in [0, 0.05) is 5.69 Å². The van der Waals surface area contributed by atoms with Crippen molar-refractivity contribution in [2.45, 2.75) is 6.92 Å². The van der Waals surface area contributed by atoms with Crippen LogP contribution in [0.25, 0.3) is 6.08 Å². The van der Waals surface area contributed by atoms with Gasteiger partial charge in [-0.05, 0) is 30.7 Å². The molecule has 0 aromatic heterocycles. The molecule has 2 heteroatoms. The van der Waals surface area contributed by atoms with Crippen molar-refractivity contribution in [1.82, 2.24) is 0 Å². The van der Waals surface area contributed by atoms with Gasteiger partial charge >= 0.3 is 0 Å². The van der Waals surface area contributed by atoms with Crippen molar-refractivity contribution in [2.24, 2.45) is 0 Å². The number of benzene rings is 1. The van der Waals surface area contributed by atoms with Gasteiger partial charge in [0.2, 0.25) is 0 Å². The Morgan fingerprint density at radius 2 is 2.18 bits per heavy atom. The zero-order valence-corrected chi connectivity index (χ0v) is 6.34. The molecule has 0 spiro atoms. The number of hydrogen-bond acceptors (Lipinski definition) is 1. The van der Waals surface area contributed by atoms with E-state index in [9.17, 15) is 4.39 Å². The summed E-state index contributed by atoms with van der Waals surface area (Å²) in [6.07, 6.45) is 3.60. The minimum absolute atomic E-state index is 0.257. The first-order valence-electron chi connectivity index (χ1n) is 3.42. The lowest BCUT2D eigenvalue weighted by Gasteiger charge is -1.98. The van der Waals surface area contributed by atoms with Gasteiger partial charge in [-0.3, -0.25) is 0 Å². The van der Waals surface area contributed by atoms with Crippen LogP contribution in [0.3, 0.4) is 0 Å². The molecule has 0 saturated carbocycles. The highest BCUT2D eigenvalue weighted by Crippen LogP contribution is 2.14. The number of nitrogens with two attached hydrogens (primary N) is 1. The topological polar surface area (TPSA) is 26.0 Å². The summed E-state index contributed by atoms with van der Waals surface area (Å²) in [5, 5.41) is 0. The summed E-state index contributed by atoms with van der Waals surface area (Å²) in [6.45, 7) is 1.87. The zero-order chi connectivity index (χ0) is 8.27. The molecule has 0 bridgehead atoms. The fourth-order valence-corrected chi connectivity index (χ4v) is 0.870. The molecule has 0 unspecified atom stereocenters. The predicted octanol–water partition coefficient (Wildman–Crippen LogP) is 2.44. The monoisotopic (exact) mass is 151 g/mol. The second kappa shape index (κ2) is 3.19. The minimum atomic E-state index is -0.257. The van der Waals surface area contributed by atoms with Crippen molar-refractivity contribution in [3.8, 4) is 0 Å².